The smallest absolute Gasteiger partial charge is 0.126 e. The molecule has 0 fully saturated rings. The lowest BCUT2D eigenvalue weighted by molar-refractivity contribution is 0.326. The Morgan fingerprint density at radius 2 is 0.444 bits per heavy atom. The highest BCUT2D eigenvalue weighted by atomic mass is 16.5. The van der Waals surface area contributed by atoms with Crippen LogP contribution < -0.4 is 18.9 Å². The maximum atomic E-state index is 9.75. The Hall–Kier alpha value is -9.08. The van der Waals surface area contributed by atoms with Gasteiger partial charge in [-0.15, -0.1) is 0 Å². The molecule has 0 saturated carbocycles. The van der Waals surface area contributed by atoms with Crippen LogP contribution in [0.3, 0.4) is 0 Å². The van der Waals surface area contributed by atoms with Crippen molar-refractivity contribution in [1.29, 1.82) is 21.0 Å². The second-order valence-electron chi connectivity index (χ2n) is 17.7. The molecule has 0 aromatic heterocycles. The van der Waals surface area contributed by atoms with E-state index in [9.17, 15) is 21.0 Å². The average molecular weight is 941 g/mol. The fourth-order valence-corrected chi connectivity index (χ4v) is 9.82. The second kappa shape index (κ2) is 21.7. The number of nitriles is 4. The van der Waals surface area contributed by atoms with E-state index in [0.29, 0.717) is 74.4 Å². The van der Waals surface area contributed by atoms with Gasteiger partial charge in [0.2, 0.25) is 0 Å². The van der Waals surface area contributed by atoms with Crippen molar-refractivity contribution in [2.45, 2.75) is 53.4 Å². The van der Waals surface area contributed by atoms with Crippen LogP contribution in [0.5, 0.6) is 23.0 Å². The fraction of sp³-hybridized carbons (Fsp3) is 0.188. The van der Waals surface area contributed by atoms with Crippen LogP contribution in [0.2, 0.25) is 0 Å². The number of benzene rings is 8. The normalized spacial score (nSPS) is 11.6. The monoisotopic (exact) mass is 940 g/mol. The van der Waals surface area contributed by atoms with Gasteiger partial charge in [0.15, 0.2) is 0 Å². The van der Waals surface area contributed by atoms with Gasteiger partial charge in [-0.25, -0.2) is 0 Å². The standard InChI is InChI=1S/C64H52N4O4/c1-5-69-61-53-25-49(45-17-9-41(37-65)10-18-45)26-54(61)34-56-28-51(47-21-13-43(39-67)14-22-47)30-58(63(56)71-7-3)36-60-32-52(48-23-15-44(40-68)16-24-48)31-59(64(60)72-8-4)35-57-29-50(27-55(33-53)62(57)70-6-2)46-19-11-42(38-66)12-20-46/h9-32H,5-8,33-36H2,1-4H3. The molecular weight excluding hydrogens is 889 g/mol. The molecule has 0 aliphatic heterocycles. The molecule has 8 aromatic rings. The van der Waals surface area contributed by atoms with Gasteiger partial charge in [0.25, 0.3) is 0 Å². The minimum absolute atomic E-state index is 0.427. The molecule has 0 N–H and O–H groups in total. The van der Waals surface area contributed by atoms with E-state index in [1.165, 1.54) is 0 Å². The van der Waals surface area contributed by atoms with Crippen LogP contribution in [-0.2, 0) is 25.7 Å². The van der Waals surface area contributed by atoms with Gasteiger partial charge in [0, 0.05) is 25.7 Å². The lowest BCUT2D eigenvalue weighted by atomic mass is 9.86. The molecule has 9 rings (SSSR count). The summed E-state index contributed by atoms with van der Waals surface area (Å²) in [6, 6.07) is 57.4. The summed E-state index contributed by atoms with van der Waals surface area (Å²) in [4.78, 5) is 0. The first kappa shape index (κ1) is 48.0. The van der Waals surface area contributed by atoms with Crippen molar-refractivity contribution in [2.24, 2.45) is 0 Å². The van der Waals surface area contributed by atoms with E-state index in [4.69, 9.17) is 18.9 Å². The van der Waals surface area contributed by atoms with Crippen molar-refractivity contribution < 1.29 is 18.9 Å². The summed E-state index contributed by atoms with van der Waals surface area (Å²) >= 11 is 0. The van der Waals surface area contributed by atoms with Crippen LogP contribution in [0.4, 0.5) is 0 Å². The van der Waals surface area contributed by atoms with Gasteiger partial charge in [-0.05, 0) is 214 Å². The molecule has 8 bridgehead atoms. The van der Waals surface area contributed by atoms with Crippen molar-refractivity contribution in [3.05, 3.63) is 212 Å². The van der Waals surface area contributed by atoms with Gasteiger partial charge in [0.1, 0.15) is 23.0 Å². The SMILES string of the molecule is CCOc1c2cc(-c3ccc(C#N)cc3)cc1Cc1cc(-c3ccc(C#N)cc3)cc(c1OCC)Cc1cc(-c3ccc(C#N)cc3)cc(c1OCC)Cc1cc(-c3ccc(C#N)cc3)cc(c1OCC)C2. The van der Waals surface area contributed by atoms with Gasteiger partial charge < -0.3 is 18.9 Å². The molecule has 8 aromatic carbocycles. The van der Waals surface area contributed by atoms with E-state index in [1.807, 2.05) is 125 Å². The predicted molar refractivity (Wildman–Crippen MR) is 282 cm³/mol. The van der Waals surface area contributed by atoms with Crippen molar-refractivity contribution in [2.75, 3.05) is 26.4 Å². The number of nitrogens with zero attached hydrogens (tertiary/aromatic N) is 4. The first-order chi connectivity index (χ1) is 35.3. The highest BCUT2D eigenvalue weighted by molar-refractivity contribution is 5.75. The minimum Gasteiger partial charge on any atom is -0.493 e. The van der Waals surface area contributed by atoms with E-state index < -0.39 is 0 Å². The third-order valence-corrected chi connectivity index (χ3v) is 13.0. The highest BCUT2D eigenvalue weighted by Gasteiger charge is 2.25. The maximum absolute atomic E-state index is 9.75. The van der Waals surface area contributed by atoms with Crippen molar-refractivity contribution in [3.8, 4) is 91.8 Å². The second-order valence-corrected chi connectivity index (χ2v) is 17.7. The molecule has 1 aliphatic carbocycles. The summed E-state index contributed by atoms with van der Waals surface area (Å²) in [6.07, 6.45) is 1.79. The third kappa shape index (κ3) is 10.1. The Balaban J connectivity index is 1.39. The number of fused-ring (bicyclic) bond motifs is 8. The highest BCUT2D eigenvalue weighted by Crippen LogP contribution is 2.44. The van der Waals surface area contributed by atoms with Crippen LogP contribution in [-0.4, -0.2) is 26.4 Å². The fourth-order valence-electron chi connectivity index (χ4n) is 9.82. The van der Waals surface area contributed by atoms with Crippen LogP contribution in [0.15, 0.2) is 146 Å². The molecule has 0 amide bonds. The number of ether oxygens (including phenoxy) is 4. The Bertz CT molecular complexity index is 2920. The molecule has 8 nitrogen and oxygen atoms in total. The molecule has 0 unspecified atom stereocenters. The van der Waals surface area contributed by atoms with Crippen LogP contribution in [0, 0.1) is 45.3 Å². The molecule has 0 radical (unpaired) electrons. The minimum atomic E-state index is 0.427. The Morgan fingerprint density at radius 3 is 0.583 bits per heavy atom. The lowest BCUT2D eigenvalue weighted by Crippen LogP contribution is -2.10. The molecule has 352 valence electrons. The van der Waals surface area contributed by atoms with E-state index in [1.54, 1.807) is 0 Å². The number of hydrogen-bond acceptors (Lipinski definition) is 8. The van der Waals surface area contributed by atoms with Crippen molar-refractivity contribution in [1.82, 2.24) is 0 Å². The summed E-state index contributed by atoms with van der Waals surface area (Å²) in [5, 5.41) is 39.0. The average Bonchev–Trinajstić information content (AvgIpc) is 3.41. The third-order valence-electron chi connectivity index (χ3n) is 13.0. The zero-order valence-electron chi connectivity index (χ0n) is 40.9. The molecule has 0 atom stereocenters. The van der Waals surface area contributed by atoms with Crippen LogP contribution in [0.1, 0.15) is 94.5 Å². The van der Waals surface area contributed by atoms with Crippen LogP contribution in [0.25, 0.3) is 44.5 Å². The van der Waals surface area contributed by atoms with Gasteiger partial charge in [-0.2, -0.15) is 21.0 Å². The summed E-state index contributed by atoms with van der Waals surface area (Å²) in [5.74, 6) is 3.11. The molecule has 72 heavy (non-hydrogen) atoms. The molecule has 0 spiro atoms. The zero-order valence-corrected chi connectivity index (χ0v) is 40.9. The molecule has 0 saturated heterocycles. The largest absolute Gasteiger partial charge is 0.493 e. The summed E-state index contributed by atoms with van der Waals surface area (Å²) in [7, 11) is 0. The molecule has 0 heterocycles. The first-order valence-electron chi connectivity index (χ1n) is 24.4. The van der Waals surface area contributed by atoms with E-state index >= 15 is 0 Å². The van der Waals surface area contributed by atoms with Crippen molar-refractivity contribution >= 4 is 0 Å². The van der Waals surface area contributed by atoms with Crippen molar-refractivity contribution in [3.63, 3.8) is 0 Å². The van der Waals surface area contributed by atoms with E-state index in [0.717, 1.165) is 112 Å². The zero-order chi connectivity index (χ0) is 50.1. The Kier molecular flexibility index (Phi) is 14.5. The Labute approximate surface area is 422 Å². The van der Waals surface area contributed by atoms with E-state index in [-0.39, 0.29) is 0 Å². The quantitative estimate of drug-likeness (QED) is 0.118. The molecule has 1 aliphatic rings. The number of rotatable bonds is 12. The molecule has 8 heteroatoms. The van der Waals surface area contributed by atoms with Gasteiger partial charge in [-0.3, -0.25) is 0 Å². The predicted octanol–water partition coefficient (Wildman–Crippen LogP) is 14.1. The topological polar surface area (TPSA) is 132 Å². The summed E-state index contributed by atoms with van der Waals surface area (Å²) in [5.41, 5.74) is 17.8. The first-order valence-corrected chi connectivity index (χ1v) is 24.4. The number of hydrogen-bond donors (Lipinski definition) is 0. The summed E-state index contributed by atoms with van der Waals surface area (Å²) in [6.45, 7) is 9.74. The van der Waals surface area contributed by atoms with Gasteiger partial charge in [-0.1, -0.05) is 48.5 Å². The van der Waals surface area contributed by atoms with Gasteiger partial charge in [0.05, 0.1) is 73.0 Å². The summed E-state index contributed by atoms with van der Waals surface area (Å²) < 4.78 is 27.2. The maximum Gasteiger partial charge on any atom is 0.126 e. The van der Waals surface area contributed by atoms with Crippen LogP contribution >= 0.6 is 0 Å². The molecular formula is C64H52N4O4. The van der Waals surface area contributed by atoms with E-state index in [2.05, 4.69) is 72.8 Å². The van der Waals surface area contributed by atoms with Gasteiger partial charge >= 0.3 is 0 Å². The lowest BCUT2D eigenvalue weighted by Gasteiger charge is -2.24. The Morgan fingerprint density at radius 1 is 0.278 bits per heavy atom.